The third kappa shape index (κ3) is 4.74. The maximum Gasteiger partial charge on any atom is 0.224 e. The van der Waals surface area contributed by atoms with Gasteiger partial charge in [0.1, 0.15) is 0 Å². The Kier molecular flexibility index (Phi) is 5.12. The highest BCUT2D eigenvalue weighted by atomic mass is 32.2. The zero-order valence-corrected chi connectivity index (χ0v) is 11.7. The van der Waals surface area contributed by atoms with Gasteiger partial charge in [0.15, 0.2) is 0 Å². The van der Waals surface area contributed by atoms with E-state index in [0.717, 1.165) is 24.6 Å². The molecule has 1 aliphatic rings. The maximum atomic E-state index is 12.0. The zero-order valence-electron chi connectivity index (χ0n) is 10.9. The SMILES string of the molecule is CC1CSCCN1C(=O)CCNC(C)(C)C. The summed E-state index contributed by atoms with van der Waals surface area (Å²) in [7, 11) is 0. The van der Waals surface area contributed by atoms with Gasteiger partial charge in [-0.1, -0.05) is 0 Å². The predicted molar refractivity (Wildman–Crippen MR) is 70.9 cm³/mol. The van der Waals surface area contributed by atoms with Crippen molar-refractivity contribution in [3.8, 4) is 0 Å². The van der Waals surface area contributed by atoms with Crippen LogP contribution in [0.4, 0.5) is 0 Å². The lowest BCUT2D eigenvalue weighted by molar-refractivity contribution is -0.132. The molecule has 1 unspecified atom stereocenters. The van der Waals surface area contributed by atoms with E-state index in [1.165, 1.54) is 0 Å². The van der Waals surface area contributed by atoms with E-state index in [-0.39, 0.29) is 5.54 Å². The van der Waals surface area contributed by atoms with Crippen molar-refractivity contribution >= 4 is 17.7 Å². The number of amides is 1. The van der Waals surface area contributed by atoms with Crippen molar-refractivity contribution in [2.75, 3.05) is 24.6 Å². The summed E-state index contributed by atoms with van der Waals surface area (Å²) in [6, 6.07) is 0.404. The molecule has 1 aliphatic heterocycles. The summed E-state index contributed by atoms with van der Waals surface area (Å²) in [6.45, 7) is 10.2. The molecule has 0 radical (unpaired) electrons. The number of carbonyl (C=O) groups excluding carboxylic acids is 1. The minimum Gasteiger partial charge on any atom is -0.338 e. The lowest BCUT2D eigenvalue weighted by atomic mass is 10.1. The van der Waals surface area contributed by atoms with Gasteiger partial charge in [-0.2, -0.15) is 11.8 Å². The first-order valence-corrected chi connectivity index (χ1v) is 7.18. The van der Waals surface area contributed by atoms with Gasteiger partial charge in [0.05, 0.1) is 0 Å². The Labute approximate surface area is 103 Å². The summed E-state index contributed by atoms with van der Waals surface area (Å²) >= 11 is 1.94. The molecule has 1 saturated heterocycles. The number of hydrogen-bond acceptors (Lipinski definition) is 3. The Hall–Kier alpha value is -0.220. The molecule has 0 aromatic heterocycles. The topological polar surface area (TPSA) is 32.3 Å². The molecule has 0 aromatic rings. The summed E-state index contributed by atoms with van der Waals surface area (Å²) in [5.41, 5.74) is 0.101. The molecule has 0 spiro atoms. The molecule has 94 valence electrons. The normalized spacial score (nSPS) is 22.2. The van der Waals surface area contributed by atoms with Crippen LogP contribution in [0.25, 0.3) is 0 Å². The highest BCUT2D eigenvalue weighted by Gasteiger charge is 2.23. The average Bonchev–Trinajstić information content (AvgIpc) is 2.16. The van der Waals surface area contributed by atoms with E-state index in [1.807, 2.05) is 16.7 Å². The molecule has 3 nitrogen and oxygen atoms in total. The second-order valence-electron chi connectivity index (χ2n) is 5.44. The van der Waals surface area contributed by atoms with E-state index < -0.39 is 0 Å². The zero-order chi connectivity index (χ0) is 12.2. The van der Waals surface area contributed by atoms with E-state index in [0.29, 0.717) is 18.4 Å². The van der Waals surface area contributed by atoms with Crippen LogP contribution in [0.15, 0.2) is 0 Å². The van der Waals surface area contributed by atoms with E-state index in [1.54, 1.807) is 0 Å². The van der Waals surface area contributed by atoms with Crippen molar-refractivity contribution in [1.29, 1.82) is 0 Å². The minimum atomic E-state index is 0.101. The molecule has 0 saturated carbocycles. The largest absolute Gasteiger partial charge is 0.338 e. The predicted octanol–water partition coefficient (Wildman–Crippen LogP) is 1.73. The summed E-state index contributed by atoms with van der Waals surface area (Å²) in [5.74, 6) is 2.46. The summed E-state index contributed by atoms with van der Waals surface area (Å²) in [5, 5.41) is 3.35. The third-order valence-electron chi connectivity index (χ3n) is 2.68. The second-order valence-corrected chi connectivity index (χ2v) is 6.59. The molecule has 0 aromatic carbocycles. The van der Waals surface area contributed by atoms with Crippen LogP contribution in [0.3, 0.4) is 0 Å². The van der Waals surface area contributed by atoms with Crippen LogP contribution in [0.5, 0.6) is 0 Å². The molecule has 1 fully saturated rings. The van der Waals surface area contributed by atoms with Gasteiger partial charge in [-0.25, -0.2) is 0 Å². The number of hydrogen-bond donors (Lipinski definition) is 1. The Morgan fingerprint density at radius 2 is 2.19 bits per heavy atom. The minimum absolute atomic E-state index is 0.101. The fourth-order valence-electron chi connectivity index (χ4n) is 1.79. The Bertz CT molecular complexity index is 238. The standard InChI is InChI=1S/C12H24N2OS/c1-10-9-16-8-7-14(10)11(15)5-6-13-12(2,3)4/h10,13H,5-9H2,1-4H3. The third-order valence-corrected chi connectivity index (χ3v) is 3.87. The Balaban J connectivity index is 2.29. The highest BCUT2D eigenvalue weighted by Crippen LogP contribution is 2.16. The van der Waals surface area contributed by atoms with Crippen LogP contribution in [-0.2, 0) is 4.79 Å². The van der Waals surface area contributed by atoms with Crippen LogP contribution < -0.4 is 5.32 Å². The first kappa shape index (κ1) is 13.8. The lowest BCUT2D eigenvalue weighted by Crippen LogP contribution is -2.46. The van der Waals surface area contributed by atoms with E-state index >= 15 is 0 Å². The summed E-state index contributed by atoms with van der Waals surface area (Å²) in [4.78, 5) is 14.0. The van der Waals surface area contributed by atoms with Gasteiger partial charge in [0, 0.05) is 42.6 Å². The Morgan fingerprint density at radius 1 is 1.50 bits per heavy atom. The highest BCUT2D eigenvalue weighted by molar-refractivity contribution is 7.99. The van der Waals surface area contributed by atoms with Gasteiger partial charge in [-0.05, 0) is 27.7 Å². The van der Waals surface area contributed by atoms with E-state index in [4.69, 9.17) is 0 Å². The van der Waals surface area contributed by atoms with Crippen molar-refractivity contribution < 1.29 is 4.79 Å². The molecule has 0 aliphatic carbocycles. The van der Waals surface area contributed by atoms with Gasteiger partial charge >= 0.3 is 0 Å². The number of rotatable bonds is 3. The number of thioether (sulfide) groups is 1. The monoisotopic (exact) mass is 244 g/mol. The van der Waals surface area contributed by atoms with Crippen LogP contribution in [0.2, 0.25) is 0 Å². The van der Waals surface area contributed by atoms with Gasteiger partial charge in [-0.3, -0.25) is 4.79 Å². The van der Waals surface area contributed by atoms with E-state index in [9.17, 15) is 4.79 Å². The fraction of sp³-hybridized carbons (Fsp3) is 0.917. The van der Waals surface area contributed by atoms with Crippen molar-refractivity contribution in [2.45, 2.75) is 45.7 Å². The molecule has 0 bridgehead atoms. The Morgan fingerprint density at radius 3 is 2.75 bits per heavy atom. The van der Waals surface area contributed by atoms with Gasteiger partial charge in [0.2, 0.25) is 5.91 Å². The first-order chi connectivity index (χ1) is 7.40. The number of carbonyl (C=O) groups is 1. The second kappa shape index (κ2) is 5.92. The molecular weight excluding hydrogens is 220 g/mol. The molecule has 4 heteroatoms. The molecule has 1 heterocycles. The van der Waals surface area contributed by atoms with Crippen molar-refractivity contribution in [1.82, 2.24) is 10.2 Å². The first-order valence-electron chi connectivity index (χ1n) is 6.02. The summed E-state index contributed by atoms with van der Waals surface area (Å²) < 4.78 is 0. The number of nitrogens with one attached hydrogen (secondary N) is 1. The number of nitrogens with zero attached hydrogens (tertiary/aromatic N) is 1. The van der Waals surface area contributed by atoms with Crippen LogP contribution >= 0.6 is 11.8 Å². The van der Waals surface area contributed by atoms with Crippen LogP contribution in [0, 0.1) is 0 Å². The lowest BCUT2D eigenvalue weighted by Gasteiger charge is -2.33. The van der Waals surface area contributed by atoms with Gasteiger partial charge in [-0.15, -0.1) is 0 Å². The van der Waals surface area contributed by atoms with Crippen LogP contribution in [-0.4, -0.2) is 47.0 Å². The van der Waals surface area contributed by atoms with Crippen molar-refractivity contribution in [3.63, 3.8) is 0 Å². The van der Waals surface area contributed by atoms with Crippen LogP contribution in [0.1, 0.15) is 34.1 Å². The van der Waals surface area contributed by atoms with Gasteiger partial charge < -0.3 is 10.2 Å². The molecule has 1 rings (SSSR count). The molecule has 16 heavy (non-hydrogen) atoms. The molecule has 1 N–H and O–H groups in total. The molecule has 1 atom stereocenters. The van der Waals surface area contributed by atoms with Gasteiger partial charge in [0.25, 0.3) is 0 Å². The quantitative estimate of drug-likeness (QED) is 0.820. The van der Waals surface area contributed by atoms with Crippen molar-refractivity contribution in [2.24, 2.45) is 0 Å². The maximum absolute atomic E-state index is 12.0. The summed E-state index contributed by atoms with van der Waals surface area (Å²) in [6.07, 6.45) is 0.617. The average molecular weight is 244 g/mol. The fourth-order valence-corrected chi connectivity index (χ4v) is 2.80. The molecular formula is C12H24N2OS. The smallest absolute Gasteiger partial charge is 0.224 e. The van der Waals surface area contributed by atoms with Crippen molar-refractivity contribution in [3.05, 3.63) is 0 Å². The molecule has 1 amide bonds. The van der Waals surface area contributed by atoms with E-state index in [2.05, 4.69) is 33.0 Å².